The van der Waals surface area contributed by atoms with E-state index in [1.54, 1.807) is 17.0 Å². The highest BCUT2D eigenvalue weighted by Crippen LogP contribution is 2.32. The lowest BCUT2D eigenvalue weighted by Gasteiger charge is -2.29. The van der Waals surface area contributed by atoms with Crippen LogP contribution in [0.2, 0.25) is 5.02 Å². The fourth-order valence-corrected chi connectivity index (χ4v) is 3.23. The van der Waals surface area contributed by atoms with Gasteiger partial charge in [0.2, 0.25) is 5.91 Å². The van der Waals surface area contributed by atoms with Crippen LogP contribution in [-0.2, 0) is 17.8 Å². The predicted molar refractivity (Wildman–Crippen MR) is 97.2 cm³/mol. The van der Waals surface area contributed by atoms with Crippen LogP contribution in [0.25, 0.3) is 0 Å². The molecule has 0 aromatic heterocycles. The van der Waals surface area contributed by atoms with Gasteiger partial charge in [0.1, 0.15) is 5.75 Å². The number of nitrogens with zero attached hydrogens (tertiary/aromatic N) is 1. The van der Waals surface area contributed by atoms with Crippen LogP contribution in [-0.4, -0.2) is 30.4 Å². The number of methoxy groups -OCH3 is 1. The van der Waals surface area contributed by atoms with Gasteiger partial charge in [0, 0.05) is 26.1 Å². The monoisotopic (exact) mass is 358 g/mol. The van der Waals surface area contributed by atoms with E-state index in [1.165, 1.54) is 19.6 Å². The minimum atomic E-state index is -0.240. The second kappa shape index (κ2) is 7.15. The number of benzene rings is 2. The Labute approximate surface area is 151 Å². The average Bonchev–Trinajstić information content (AvgIpc) is 2.61. The summed E-state index contributed by atoms with van der Waals surface area (Å²) in [6.07, 6.45) is 0.821. The van der Waals surface area contributed by atoms with Gasteiger partial charge in [-0.1, -0.05) is 35.9 Å². The molecule has 0 unspecified atom stereocenters. The molecule has 0 saturated carbocycles. The van der Waals surface area contributed by atoms with Crippen LogP contribution in [0.4, 0.5) is 5.69 Å². The van der Waals surface area contributed by atoms with Crippen LogP contribution in [0.15, 0.2) is 36.4 Å². The Balaban J connectivity index is 1.90. The number of ether oxygens (including phenoxy) is 1. The highest BCUT2D eigenvalue weighted by atomic mass is 35.5. The first-order valence-electron chi connectivity index (χ1n) is 8.00. The van der Waals surface area contributed by atoms with Crippen molar-refractivity contribution in [2.24, 2.45) is 0 Å². The lowest BCUT2D eigenvalue weighted by atomic mass is 9.99. The summed E-state index contributed by atoms with van der Waals surface area (Å²) in [6.45, 7) is 2.60. The quantitative estimate of drug-likeness (QED) is 0.913. The number of anilines is 1. The number of halogens is 1. The lowest BCUT2D eigenvalue weighted by Crippen LogP contribution is -2.36. The summed E-state index contributed by atoms with van der Waals surface area (Å²) >= 11 is 6.23. The van der Waals surface area contributed by atoms with E-state index in [2.05, 4.69) is 11.4 Å². The normalized spacial score (nSPS) is 13.2. The largest absolute Gasteiger partial charge is 0.496 e. The summed E-state index contributed by atoms with van der Waals surface area (Å²) < 4.78 is 5.35. The number of carbonyl (C=O) groups excluding carboxylic acids is 2. The van der Waals surface area contributed by atoms with Gasteiger partial charge >= 0.3 is 0 Å². The van der Waals surface area contributed by atoms with E-state index in [9.17, 15) is 9.59 Å². The van der Waals surface area contributed by atoms with E-state index < -0.39 is 0 Å². The molecule has 0 bridgehead atoms. The Bertz CT molecular complexity index is 835. The van der Waals surface area contributed by atoms with Crippen molar-refractivity contribution in [2.75, 3.05) is 19.0 Å². The van der Waals surface area contributed by atoms with Crippen LogP contribution < -0.4 is 10.1 Å². The van der Waals surface area contributed by atoms with E-state index in [4.69, 9.17) is 16.3 Å². The van der Waals surface area contributed by atoms with Crippen LogP contribution in [0.3, 0.4) is 0 Å². The summed E-state index contributed by atoms with van der Waals surface area (Å²) in [5, 5.41) is 2.93. The van der Waals surface area contributed by atoms with Gasteiger partial charge in [-0.25, -0.2) is 0 Å². The molecular weight excluding hydrogens is 340 g/mol. The molecule has 1 heterocycles. The van der Waals surface area contributed by atoms with E-state index in [0.717, 1.165) is 12.0 Å². The fourth-order valence-electron chi connectivity index (χ4n) is 3.01. The second-order valence-electron chi connectivity index (χ2n) is 5.96. The van der Waals surface area contributed by atoms with Crippen LogP contribution in [0.1, 0.15) is 28.4 Å². The molecule has 2 aromatic rings. The molecule has 0 saturated heterocycles. The van der Waals surface area contributed by atoms with Gasteiger partial charge in [-0.3, -0.25) is 9.59 Å². The molecule has 130 valence electrons. The van der Waals surface area contributed by atoms with Crippen molar-refractivity contribution in [3.05, 3.63) is 58.1 Å². The first kappa shape index (κ1) is 17.3. The third-order valence-electron chi connectivity index (χ3n) is 4.25. The fraction of sp³-hybridized carbons (Fsp3) is 0.263. The van der Waals surface area contributed by atoms with Crippen molar-refractivity contribution >= 4 is 29.1 Å². The van der Waals surface area contributed by atoms with Crippen molar-refractivity contribution in [2.45, 2.75) is 19.9 Å². The highest BCUT2D eigenvalue weighted by Gasteiger charge is 2.25. The first-order valence-corrected chi connectivity index (χ1v) is 8.38. The molecule has 6 heteroatoms. The topological polar surface area (TPSA) is 58.6 Å². The van der Waals surface area contributed by atoms with Gasteiger partial charge in [-0.15, -0.1) is 0 Å². The Morgan fingerprint density at radius 3 is 2.60 bits per heavy atom. The zero-order valence-corrected chi connectivity index (χ0v) is 14.9. The average molecular weight is 359 g/mol. The number of hydrogen-bond donors (Lipinski definition) is 1. The first-order chi connectivity index (χ1) is 12.0. The van der Waals surface area contributed by atoms with Gasteiger partial charge in [-0.05, 0) is 23.6 Å². The molecule has 3 rings (SSSR count). The summed E-state index contributed by atoms with van der Waals surface area (Å²) in [7, 11) is 1.49. The summed E-state index contributed by atoms with van der Waals surface area (Å²) in [4.78, 5) is 26.0. The maximum Gasteiger partial charge on any atom is 0.257 e. The Morgan fingerprint density at radius 2 is 1.92 bits per heavy atom. The van der Waals surface area contributed by atoms with E-state index in [-0.39, 0.29) is 11.8 Å². The highest BCUT2D eigenvalue weighted by molar-refractivity contribution is 6.34. The minimum absolute atomic E-state index is 0.136. The molecule has 0 atom stereocenters. The smallest absolute Gasteiger partial charge is 0.257 e. The van der Waals surface area contributed by atoms with Crippen molar-refractivity contribution in [3.8, 4) is 5.75 Å². The molecule has 5 nitrogen and oxygen atoms in total. The molecule has 1 aliphatic rings. The Hall–Kier alpha value is -2.53. The molecular formula is C19H19ClN2O3. The molecule has 2 amide bonds. The molecule has 1 N–H and O–H groups in total. The Kier molecular flexibility index (Phi) is 4.95. The van der Waals surface area contributed by atoms with E-state index in [0.29, 0.717) is 35.1 Å². The number of fused-ring (bicyclic) bond motifs is 1. The predicted octanol–water partition coefficient (Wildman–Crippen LogP) is 3.51. The maximum absolute atomic E-state index is 13.0. The van der Waals surface area contributed by atoms with Gasteiger partial charge in [0.15, 0.2) is 0 Å². The summed E-state index contributed by atoms with van der Waals surface area (Å²) in [5.74, 6) is 0.00954. The minimum Gasteiger partial charge on any atom is -0.496 e. The van der Waals surface area contributed by atoms with E-state index >= 15 is 0 Å². The van der Waals surface area contributed by atoms with Gasteiger partial charge in [-0.2, -0.15) is 0 Å². The van der Waals surface area contributed by atoms with Gasteiger partial charge < -0.3 is 15.0 Å². The molecule has 0 radical (unpaired) electrons. The Morgan fingerprint density at radius 1 is 1.20 bits per heavy atom. The summed E-state index contributed by atoms with van der Waals surface area (Å²) in [5.41, 5.74) is 3.24. The maximum atomic E-state index is 13.0. The second-order valence-corrected chi connectivity index (χ2v) is 6.37. The van der Waals surface area contributed by atoms with Crippen LogP contribution >= 0.6 is 11.6 Å². The standard InChI is InChI=1S/C19H19ClN2O3/c1-12(23)21-17-10-18(25-2)15(9-16(17)20)19(24)22-8-7-13-5-3-4-6-14(13)11-22/h3-6,9-10H,7-8,11H2,1-2H3,(H,21,23). The number of carbonyl (C=O) groups is 2. The lowest BCUT2D eigenvalue weighted by molar-refractivity contribution is -0.114. The number of rotatable bonds is 3. The molecule has 0 spiro atoms. The molecule has 0 aliphatic carbocycles. The van der Waals surface area contributed by atoms with Gasteiger partial charge in [0.25, 0.3) is 5.91 Å². The zero-order chi connectivity index (χ0) is 18.0. The zero-order valence-electron chi connectivity index (χ0n) is 14.1. The van der Waals surface area contributed by atoms with Crippen molar-refractivity contribution in [3.63, 3.8) is 0 Å². The van der Waals surface area contributed by atoms with E-state index in [1.807, 2.05) is 18.2 Å². The van der Waals surface area contributed by atoms with Crippen molar-refractivity contribution < 1.29 is 14.3 Å². The van der Waals surface area contributed by atoms with Crippen LogP contribution in [0, 0.1) is 0 Å². The summed E-state index contributed by atoms with van der Waals surface area (Å²) in [6, 6.07) is 11.3. The SMILES string of the molecule is COc1cc(NC(C)=O)c(Cl)cc1C(=O)N1CCc2ccccc2C1. The number of hydrogen-bond acceptors (Lipinski definition) is 3. The molecule has 0 fully saturated rings. The number of nitrogens with one attached hydrogen (secondary N) is 1. The third kappa shape index (κ3) is 3.61. The third-order valence-corrected chi connectivity index (χ3v) is 4.56. The van der Waals surface area contributed by atoms with Crippen molar-refractivity contribution in [1.29, 1.82) is 0 Å². The molecule has 2 aromatic carbocycles. The van der Waals surface area contributed by atoms with Gasteiger partial charge in [0.05, 0.1) is 23.4 Å². The molecule has 25 heavy (non-hydrogen) atoms. The molecule has 1 aliphatic heterocycles. The van der Waals surface area contributed by atoms with Crippen LogP contribution in [0.5, 0.6) is 5.75 Å². The van der Waals surface area contributed by atoms with Crippen molar-refractivity contribution in [1.82, 2.24) is 4.90 Å². The number of amides is 2.